The maximum atomic E-state index is 5.82. The predicted molar refractivity (Wildman–Crippen MR) is 65.8 cm³/mol. The van der Waals surface area contributed by atoms with Gasteiger partial charge in [-0.3, -0.25) is 4.90 Å². The highest BCUT2D eigenvalue weighted by atomic mass is 15.4. The fourth-order valence-electron chi connectivity index (χ4n) is 1.65. The van der Waals surface area contributed by atoms with Crippen LogP contribution in [-0.2, 0) is 0 Å². The van der Waals surface area contributed by atoms with Crippen molar-refractivity contribution in [3.8, 4) is 0 Å². The van der Waals surface area contributed by atoms with Gasteiger partial charge in [-0.1, -0.05) is 0 Å². The minimum Gasteiger partial charge on any atom is -0.401 e. The maximum absolute atomic E-state index is 5.82. The summed E-state index contributed by atoms with van der Waals surface area (Å²) in [5.41, 5.74) is 7.58. The minimum atomic E-state index is 0.485. The summed E-state index contributed by atoms with van der Waals surface area (Å²) < 4.78 is 0. The molecule has 0 rings (SSSR count). The van der Waals surface area contributed by atoms with E-state index < -0.39 is 0 Å². The minimum absolute atomic E-state index is 0.485. The van der Waals surface area contributed by atoms with Gasteiger partial charge in [-0.2, -0.15) is 0 Å². The summed E-state index contributed by atoms with van der Waals surface area (Å²) in [4.78, 5) is 2.36. The molecule has 0 atom stereocenters. The van der Waals surface area contributed by atoms with Gasteiger partial charge in [0.2, 0.25) is 0 Å². The van der Waals surface area contributed by atoms with Crippen LogP contribution in [0, 0.1) is 0 Å². The van der Waals surface area contributed by atoms with Crippen LogP contribution in [-0.4, -0.2) is 35.6 Å². The molecule has 0 aromatic rings. The second kappa shape index (κ2) is 5.98. The van der Waals surface area contributed by atoms with Crippen LogP contribution >= 0.6 is 0 Å². The Bertz CT molecular complexity index is 207. The second-order valence-corrected chi connectivity index (χ2v) is 4.60. The average Bonchev–Trinajstić information content (AvgIpc) is 2.01. The molecule has 0 aromatic heterocycles. The maximum Gasteiger partial charge on any atom is 0.0612 e. The van der Waals surface area contributed by atoms with Gasteiger partial charge >= 0.3 is 0 Å². The van der Waals surface area contributed by atoms with E-state index in [0.29, 0.717) is 12.1 Å². The van der Waals surface area contributed by atoms with Crippen LogP contribution < -0.4 is 11.6 Å². The Morgan fingerprint density at radius 1 is 1.13 bits per heavy atom. The Morgan fingerprint density at radius 3 is 1.73 bits per heavy atom. The Kier molecular flexibility index (Phi) is 5.68. The van der Waals surface area contributed by atoms with Crippen molar-refractivity contribution >= 4 is 0 Å². The molecule has 0 amide bonds. The molecule has 0 fully saturated rings. The average molecular weight is 214 g/mol. The first-order chi connectivity index (χ1) is 6.77. The lowest BCUT2D eigenvalue weighted by Gasteiger charge is -2.33. The van der Waals surface area contributed by atoms with Crippen molar-refractivity contribution in [2.45, 2.75) is 46.7 Å². The molecular formula is C11H26N4. The third-order valence-corrected chi connectivity index (χ3v) is 2.54. The molecule has 90 valence electrons. The highest BCUT2D eigenvalue weighted by Gasteiger charge is 2.17. The van der Waals surface area contributed by atoms with Crippen LogP contribution in [0.5, 0.6) is 0 Å². The fraction of sp³-hybridized carbons (Fsp3) is 0.818. The smallest absolute Gasteiger partial charge is 0.0612 e. The summed E-state index contributed by atoms with van der Waals surface area (Å²) in [6, 6.07) is 0.971. The zero-order chi connectivity index (χ0) is 12.2. The summed E-state index contributed by atoms with van der Waals surface area (Å²) in [7, 11) is 1.82. The summed E-state index contributed by atoms with van der Waals surface area (Å²) in [6.07, 6.45) is 0. The lowest BCUT2D eigenvalue weighted by molar-refractivity contribution is 0.175. The predicted octanol–water partition coefficient (Wildman–Crippen LogP) is 1.10. The first kappa shape index (κ1) is 14.3. The Labute approximate surface area is 93.9 Å². The van der Waals surface area contributed by atoms with Crippen LogP contribution in [0.3, 0.4) is 0 Å². The third-order valence-electron chi connectivity index (χ3n) is 2.54. The number of hydrazine groups is 1. The van der Waals surface area contributed by atoms with Gasteiger partial charge in [0.15, 0.2) is 0 Å². The highest BCUT2D eigenvalue weighted by molar-refractivity contribution is 5.08. The van der Waals surface area contributed by atoms with Crippen LogP contribution in [0.25, 0.3) is 0 Å². The number of nitrogens with zero attached hydrogens (tertiary/aromatic N) is 2. The van der Waals surface area contributed by atoms with E-state index in [2.05, 4.69) is 32.6 Å². The van der Waals surface area contributed by atoms with Gasteiger partial charge in [-0.15, -0.1) is 0 Å². The van der Waals surface area contributed by atoms with Crippen molar-refractivity contribution in [1.82, 2.24) is 9.91 Å². The van der Waals surface area contributed by atoms with E-state index in [9.17, 15) is 0 Å². The van der Waals surface area contributed by atoms with Gasteiger partial charge in [0, 0.05) is 31.4 Å². The Balaban J connectivity index is 4.72. The SMILES string of the molecule is C/C(N)=C(\CN(C(C)C)C(C)C)N(C)N. The highest BCUT2D eigenvalue weighted by Crippen LogP contribution is 2.11. The van der Waals surface area contributed by atoms with Gasteiger partial charge in [0.05, 0.1) is 5.70 Å². The summed E-state index contributed by atoms with van der Waals surface area (Å²) in [5.74, 6) is 5.75. The van der Waals surface area contributed by atoms with Crippen molar-refractivity contribution in [3.05, 3.63) is 11.4 Å². The molecule has 4 N–H and O–H groups in total. The number of rotatable bonds is 5. The molecule has 0 aliphatic heterocycles. The number of likely N-dealkylation sites (N-methyl/N-ethyl adjacent to an activating group) is 1. The van der Waals surface area contributed by atoms with Crippen molar-refractivity contribution in [3.63, 3.8) is 0 Å². The second-order valence-electron chi connectivity index (χ2n) is 4.60. The molecule has 15 heavy (non-hydrogen) atoms. The van der Waals surface area contributed by atoms with Crippen molar-refractivity contribution in [2.24, 2.45) is 11.6 Å². The van der Waals surface area contributed by atoms with Gasteiger partial charge in [-0.25, -0.2) is 5.84 Å². The van der Waals surface area contributed by atoms with Crippen LogP contribution in [0.4, 0.5) is 0 Å². The first-order valence-corrected chi connectivity index (χ1v) is 5.46. The summed E-state index contributed by atoms with van der Waals surface area (Å²) in [5, 5.41) is 1.60. The van der Waals surface area contributed by atoms with E-state index in [1.807, 2.05) is 14.0 Å². The van der Waals surface area contributed by atoms with Crippen molar-refractivity contribution < 1.29 is 0 Å². The molecule has 0 aliphatic carbocycles. The topological polar surface area (TPSA) is 58.5 Å². The lowest BCUT2D eigenvalue weighted by Crippen LogP contribution is -2.43. The number of allylic oxidation sites excluding steroid dienone is 1. The standard InChI is InChI=1S/C11H26N4/c1-8(2)15(9(3)4)7-11(10(5)12)14(6)13/h8-9H,7,12-13H2,1-6H3/b11-10-. The third kappa shape index (κ3) is 4.53. The molecule has 0 radical (unpaired) electrons. The van der Waals surface area contributed by atoms with E-state index >= 15 is 0 Å². The van der Waals surface area contributed by atoms with Crippen LogP contribution in [0.2, 0.25) is 0 Å². The van der Waals surface area contributed by atoms with Gasteiger partial charge in [-0.05, 0) is 34.6 Å². The van der Waals surface area contributed by atoms with E-state index in [0.717, 1.165) is 17.9 Å². The zero-order valence-electron chi connectivity index (χ0n) is 10.9. The largest absolute Gasteiger partial charge is 0.401 e. The normalized spacial score (nSPS) is 13.7. The summed E-state index contributed by atoms with van der Waals surface area (Å²) >= 11 is 0. The quantitative estimate of drug-likeness (QED) is 0.531. The first-order valence-electron chi connectivity index (χ1n) is 5.46. The molecule has 0 saturated heterocycles. The Morgan fingerprint density at radius 2 is 1.53 bits per heavy atom. The number of hydrogen-bond donors (Lipinski definition) is 2. The van der Waals surface area contributed by atoms with E-state index in [4.69, 9.17) is 11.6 Å². The van der Waals surface area contributed by atoms with E-state index in [1.54, 1.807) is 5.01 Å². The van der Waals surface area contributed by atoms with Gasteiger partial charge < -0.3 is 10.7 Å². The molecule has 0 heterocycles. The van der Waals surface area contributed by atoms with Crippen LogP contribution in [0.1, 0.15) is 34.6 Å². The molecule has 0 unspecified atom stereocenters. The molecule has 4 heteroatoms. The van der Waals surface area contributed by atoms with Crippen molar-refractivity contribution in [1.29, 1.82) is 0 Å². The fourth-order valence-corrected chi connectivity index (χ4v) is 1.65. The van der Waals surface area contributed by atoms with Gasteiger partial charge in [0.25, 0.3) is 0 Å². The summed E-state index contributed by atoms with van der Waals surface area (Å²) in [6.45, 7) is 11.4. The monoisotopic (exact) mass is 214 g/mol. The number of nitrogens with two attached hydrogens (primary N) is 2. The molecular weight excluding hydrogens is 188 g/mol. The molecule has 0 aliphatic rings. The number of hydrogen-bond acceptors (Lipinski definition) is 4. The van der Waals surface area contributed by atoms with E-state index in [-0.39, 0.29) is 0 Å². The van der Waals surface area contributed by atoms with E-state index in [1.165, 1.54) is 0 Å². The Hall–Kier alpha value is -0.740. The molecule has 0 bridgehead atoms. The van der Waals surface area contributed by atoms with Crippen molar-refractivity contribution in [2.75, 3.05) is 13.6 Å². The lowest BCUT2D eigenvalue weighted by atomic mass is 10.2. The molecule has 0 saturated carbocycles. The molecule has 0 aromatic carbocycles. The van der Waals surface area contributed by atoms with Gasteiger partial charge in [0.1, 0.15) is 0 Å². The van der Waals surface area contributed by atoms with Crippen LogP contribution in [0.15, 0.2) is 11.4 Å². The zero-order valence-corrected chi connectivity index (χ0v) is 10.9. The molecule has 0 spiro atoms. The molecule has 4 nitrogen and oxygen atoms in total.